The zero-order chi connectivity index (χ0) is 26.1. The Morgan fingerprint density at radius 2 is 1.84 bits per heavy atom. The molecule has 1 unspecified atom stereocenters. The molecule has 1 aliphatic rings. The Bertz CT molecular complexity index is 1550. The van der Waals surface area contributed by atoms with Crippen LogP contribution >= 0.6 is 0 Å². The summed E-state index contributed by atoms with van der Waals surface area (Å²) in [5, 5.41) is 27.2. The van der Waals surface area contributed by atoms with Crippen LogP contribution in [-0.4, -0.2) is 41.4 Å². The van der Waals surface area contributed by atoms with Crippen LogP contribution in [0.1, 0.15) is 28.4 Å². The number of nitro benzene ring substituents is 1. The Balaban J connectivity index is 1.67. The molecule has 0 aliphatic carbocycles. The summed E-state index contributed by atoms with van der Waals surface area (Å²) in [7, 11) is 0. The number of non-ortho nitro benzene ring substituents is 1. The molecule has 1 aliphatic heterocycles. The van der Waals surface area contributed by atoms with Crippen LogP contribution < -0.4 is 0 Å². The second kappa shape index (κ2) is 9.50. The van der Waals surface area contributed by atoms with Gasteiger partial charge in [0.1, 0.15) is 5.76 Å². The molecule has 0 saturated carbocycles. The lowest BCUT2D eigenvalue weighted by Crippen LogP contribution is -2.29. The largest absolute Gasteiger partial charge is 0.507 e. The van der Waals surface area contributed by atoms with Crippen molar-refractivity contribution in [1.82, 2.24) is 19.7 Å². The Hall–Kier alpha value is -5.12. The second-order valence-corrected chi connectivity index (χ2v) is 8.53. The van der Waals surface area contributed by atoms with Gasteiger partial charge in [0.15, 0.2) is 0 Å². The van der Waals surface area contributed by atoms with Gasteiger partial charge in [-0.05, 0) is 36.2 Å². The number of rotatable bonds is 6. The molecule has 37 heavy (non-hydrogen) atoms. The van der Waals surface area contributed by atoms with E-state index >= 15 is 0 Å². The Kier molecular flexibility index (Phi) is 6.06. The third-order valence-electron chi connectivity index (χ3n) is 6.28. The third-order valence-corrected chi connectivity index (χ3v) is 6.28. The predicted molar refractivity (Wildman–Crippen MR) is 133 cm³/mol. The van der Waals surface area contributed by atoms with Crippen molar-refractivity contribution < 1.29 is 19.6 Å². The molecule has 2 aromatic heterocycles. The highest BCUT2D eigenvalue weighted by molar-refractivity contribution is 6.46. The van der Waals surface area contributed by atoms with Gasteiger partial charge in [0.2, 0.25) is 0 Å². The maximum atomic E-state index is 13.3. The zero-order valence-electron chi connectivity index (χ0n) is 19.7. The first-order valence-corrected chi connectivity index (χ1v) is 11.4. The number of nitro groups is 1. The lowest BCUT2D eigenvalue weighted by Gasteiger charge is -2.25. The Morgan fingerprint density at radius 1 is 1.05 bits per heavy atom. The van der Waals surface area contributed by atoms with Crippen molar-refractivity contribution in [2.45, 2.75) is 19.5 Å². The highest BCUT2D eigenvalue weighted by Crippen LogP contribution is 2.41. The Morgan fingerprint density at radius 3 is 2.54 bits per heavy atom. The number of nitrogens with zero attached hydrogens (tertiary/aromatic N) is 5. The molecule has 1 atom stereocenters. The second-order valence-electron chi connectivity index (χ2n) is 8.53. The normalized spacial score (nSPS) is 16.8. The number of ketones is 1. The monoisotopic (exact) mass is 495 g/mol. The van der Waals surface area contributed by atoms with Crippen molar-refractivity contribution in [3.63, 3.8) is 0 Å². The molecule has 10 heteroatoms. The molecular formula is C27H21N5O5. The summed E-state index contributed by atoms with van der Waals surface area (Å²) in [4.78, 5) is 42.8. The van der Waals surface area contributed by atoms with E-state index in [9.17, 15) is 24.8 Å². The van der Waals surface area contributed by atoms with Crippen LogP contribution in [0, 0.1) is 17.0 Å². The number of carbonyl (C=O) groups excluding carboxylic acids is 2. The highest BCUT2D eigenvalue weighted by atomic mass is 16.6. The molecule has 0 bridgehead atoms. The number of hydrogen-bond acceptors (Lipinski definition) is 7. The number of Topliss-reactive ketones (excluding diaryl/α,β-unsaturated/α-hetero) is 1. The fourth-order valence-corrected chi connectivity index (χ4v) is 4.50. The summed E-state index contributed by atoms with van der Waals surface area (Å²) in [6, 6.07) is 17.4. The average Bonchev–Trinajstić information content (AvgIpc) is 3.42. The standard InChI is InChI=1S/C27H21N5O5/c1-17-22(15-29-31(17)20-9-3-2-4-10-20)25(33)23-24(19-8-5-11-21(13-19)32(36)37)30(27(35)26(23)34)16-18-7-6-12-28-14-18/h2-15,24,33H,16H2,1H3/b25-23+. The number of para-hydroxylation sites is 1. The number of likely N-dealkylation sites (tertiary alicyclic amines) is 1. The van der Waals surface area contributed by atoms with Gasteiger partial charge >= 0.3 is 0 Å². The maximum Gasteiger partial charge on any atom is 0.295 e. The van der Waals surface area contributed by atoms with Gasteiger partial charge in [-0.3, -0.25) is 24.7 Å². The van der Waals surface area contributed by atoms with Gasteiger partial charge in [-0.25, -0.2) is 4.68 Å². The minimum atomic E-state index is -1.06. The summed E-state index contributed by atoms with van der Waals surface area (Å²) >= 11 is 0. The molecule has 1 saturated heterocycles. The van der Waals surface area contributed by atoms with Gasteiger partial charge in [-0.2, -0.15) is 5.10 Å². The lowest BCUT2D eigenvalue weighted by atomic mass is 9.95. The first-order valence-electron chi connectivity index (χ1n) is 11.4. The molecule has 0 radical (unpaired) electrons. The minimum absolute atomic E-state index is 0.0187. The third kappa shape index (κ3) is 4.25. The molecule has 5 rings (SSSR count). The fourth-order valence-electron chi connectivity index (χ4n) is 4.50. The predicted octanol–water partition coefficient (Wildman–Crippen LogP) is 4.11. The van der Waals surface area contributed by atoms with Crippen molar-refractivity contribution in [3.05, 3.63) is 123 Å². The van der Waals surface area contributed by atoms with E-state index in [0.717, 1.165) is 5.69 Å². The topological polar surface area (TPSA) is 131 Å². The number of aliphatic hydroxyl groups is 1. The van der Waals surface area contributed by atoms with Crippen molar-refractivity contribution in [1.29, 1.82) is 0 Å². The van der Waals surface area contributed by atoms with Crippen molar-refractivity contribution >= 4 is 23.1 Å². The molecule has 1 N–H and O–H groups in total. The van der Waals surface area contributed by atoms with Crippen LogP contribution in [0.2, 0.25) is 0 Å². The van der Waals surface area contributed by atoms with Crippen LogP contribution in [0.15, 0.2) is 90.9 Å². The number of aromatic nitrogens is 3. The summed E-state index contributed by atoms with van der Waals surface area (Å²) in [5.41, 5.74) is 2.22. The van der Waals surface area contributed by atoms with E-state index in [1.54, 1.807) is 42.2 Å². The van der Waals surface area contributed by atoms with E-state index in [1.807, 2.05) is 30.3 Å². The number of pyridine rings is 1. The fraction of sp³-hybridized carbons (Fsp3) is 0.111. The first kappa shape index (κ1) is 23.6. The molecule has 4 aromatic rings. The van der Waals surface area contributed by atoms with E-state index in [2.05, 4.69) is 10.1 Å². The number of aliphatic hydroxyl groups excluding tert-OH is 1. The minimum Gasteiger partial charge on any atom is -0.507 e. The molecule has 1 amide bonds. The first-order chi connectivity index (χ1) is 17.9. The van der Waals surface area contributed by atoms with Crippen molar-refractivity contribution in [2.24, 2.45) is 0 Å². The van der Waals surface area contributed by atoms with E-state index in [1.165, 1.54) is 29.3 Å². The van der Waals surface area contributed by atoms with E-state index in [4.69, 9.17) is 0 Å². The van der Waals surface area contributed by atoms with E-state index < -0.39 is 28.4 Å². The van der Waals surface area contributed by atoms with Gasteiger partial charge in [0.05, 0.1) is 39.7 Å². The summed E-state index contributed by atoms with van der Waals surface area (Å²) in [6.07, 6.45) is 4.58. The van der Waals surface area contributed by atoms with Crippen LogP contribution in [0.25, 0.3) is 11.4 Å². The van der Waals surface area contributed by atoms with E-state index in [0.29, 0.717) is 16.8 Å². The molecule has 0 spiro atoms. The van der Waals surface area contributed by atoms with Crippen LogP contribution in [0.5, 0.6) is 0 Å². The molecule has 3 heterocycles. The number of amides is 1. The molecule has 10 nitrogen and oxygen atoms in total. The van der Waals surface area contributed by atoms with Crippen LogP contribution in [0.3, 0.4) is 0 Å². The average molecular weight is 495 g/mol. The van der Waals surface area contributed by atoms with E-state index in [-0.39, 0.29) is 23.4 Å². The van der Waals surface area contributed by atoms with Crippen LogP contribution in [0.4, 0.5) is 5.69 Å². The molecule has 184 valence electrons. The smallest absolute Gasteiger partial charge is 0.295 e. The molecule has 1 fully saturated rings. The van der Waals surface area contributed by atoms with Crippen molar-refractivity contribution in [3.8, 4) is 5.69 Å². The SMILES string of the molecule is Cc1c(/C(O)=C2\C(=O)C(=O)N(Cc3cccnc3)C2c2cccc([N+](=O)[O-])c2)cnn1-c1ccccc1. The summed E-state index contributed by atoms with van der Waals surface area (Å²) in [5.74, 6) is -2.11. The van der Waals surface area contributed by atoms with Gasteiger partial charge < -0.3 is 10.0 Å². The van der Waals surface area contributed by atoms with Crippen molar-refractivity contribution in [2.75, 3.05) is 0 Å². The molecular weight excluding hydrogens is 474 g/mol. The molecule has 2 aromatic carbocycles. The van der Waals surface area contributed by atoms with Gasteiger partial charge in [0.25, 0.3) is 17.4 Å². The number of benzene rings is 2. The number of hydrogen-bond donors (Lipinski definition) is 1. The summed E-state index contributed by atoms with van der Waals surface area (Å²) < 4.78 is 1.61. The number of carbonyl (C=O) groups is 2. The zero-order valence-corrected chi connectivity index (χ0v) is 19.7. The Labute approximate surface area is 211 Å². The van der Waals surface area contributed by atoms with Gasteiger partial charge in [0, 0.05) is 31.1 Å². The summed E-state index contributed by atoms with van der Waals surface area (Å²) in [6.45, 7) is 1.76. The maximum absolute atomic E-state index is 13.3. The quantitative estimate of drug-likeness (QED) is 0.140. The van der Waals surface area contributed by atoms with Gasteiger partial charge in [-0.1, -0.05) is 36.4 Å². The lowest BCUT2D eigenvalue weighted by molar-refractivity contribution is -0.384. The van der Waals surface area contributed by atoms with Crippen LogP contribution in [-0.2, 0) is 16.1 Å². The van der Waals surface area contributed by atoms with Gasteiger partial charge in [-0.15, -0.1) is 0 Å². The highest BCUT2D eigenvalue weighted by Gasteiger charge is 2.46.